The molecular formula is C35H53F2NO3. The SMILES string of the molecule is CC(C)C1=C2[C@H]3CC[C@@H]4[C@@]5(C)CC[C@H](O)C(C)(C)[C@@H]5CC[C@@]4(C)[C@]3(C)CC[C@@]2(C(=O)N2CCC(F)(F)CC2)CC1=O. The van der Waals surface area contributed by atoms with E-state index in [-0.39, 0.29) is 83.6 Å². The molecule has 0 aromatic rings. The molecule has 6 aliphatic rings. The smallest absolute Gasteiger partial charge is 0.251 e. The van der Waals surface area contributed by atoms with Crippen LogP contribution in [0.25, 0.3) is 0 Å². The molecule has 0 aromatic carbocycles. The molecule has 5 aliphatic carbocycles. The lowest BCUT2D eigenvalue weighted by atomic mass is 9.33. The van der Waals surface area contributed by atoms with E-state index in [1.807, 2.05) is 0 Å². The third-order valence-electron chi connectivity index (χ3n) is 14.6. The summed E-state index contributed by atoms with van der Waals surface area (Å²) in [5.74, 6) is -1.43. The quantitative estimate of drug-likeness (QED) is 0.370. The number of rotatable bonds is 2. The van der Waals surface area contributed by atoms with Gasteiger partial charge in [-0.2, -0.15) is 0 Å². The van der Waals surface area contributed by atoms with Crippen LogP contribution < -0.4 is 0 Å². The Labute approximate surface area is 246 Å². The van der Waals surface area contributed by atoms with Crippen LogP contribution in [-0.2, 0) is 9.59 Å². The van der Waals surface area contributed by atoms with Crippen LogP contribution in [0, 0.1) is 50.7 Å². The Hall–Kier alpha value is -1.30. The van der Waals surface area contributed by atoms with E-state index in [0.29, 0.717) is 18.3 Å². The van der Waals surface area contributed by atoms with Gasteiger partial charge in [0.1, 0.15) is 0 Å². The van der Waals surface area contributed by atoms with Gasteiger partial charge in [0.15, 0.2) is 5.78 Å². The lowest BCUT2D eigenvalue weighted by Gasteiger charge is -2.72. The molecule has 230 valence electrons. The highest BCUT2D eigenvalue weighted by Gasteiger charge is 2.71. The maximum atomic E-state index is 14.4. The molecule has 1 saturated heterocycles. The fraction of sp³-hybridized carbons (Fsp3) is 0.886. The first-order valence-corrected chi connectivity index (χ1v) is 16.6. The Morgan fingerprint density at radius 2 is 1.51 bits per heavy atom. The normalized spacial score (nSPS) is 47.0. The second kappa shape index (κ2) is 9.11. The number of carbonyl (C=O) groups excluding carboxylic acids is 2. The minimum absolute atomic E-state index is 0.0388. The number of fused-ring (bicyclic) bond motifs is 7. The lowest BCUT2D eigenvalue weighted by Crippen LogP contribution is -2.66. The standard InChI is InChI=1S/C35H53F2NO3/c1-21(2)27-23(39)20-34(29(41)38-18-16-35(36,37)17-19-38)15-14-32(6)22(28(27)34)8-9-25-31(5)12-11-26(40)30(3,4)24(31)10-13-33(25,32)7/h21-22,24-26,40H,8-20H2,1-7H3/t22-,24+,25-,26+,31+,32-,33-,34-/m1/s1. The van der Waals surface area contributed by atoms with Gasteiger partial charge < -0.3 is 10.0 Å². The molecule has 8 atom stereocenters. The van der Waals surface area contributed by atoms with Crippen molar-refractivity contribution in [3.8, 4) is 0 Å². The monoisotopic (exact) mass is 573 g/mol. The predicted molar refractivity (Wildman–Crippen MR) is 156 cm³/mol. The van der Waals surface area contributed by atoms with Crippen molar-refractivity contribution in [1.82, 2.24) is 4.90 Å². The number of amides is 1. The molecule has 1 amide bonds. The number of aliphatic hydroxyl groups is 1. The number of hydrogen-bond donors (Lipinski definition) is 1. The van der Waals surface area contributed by atoms with E-state index in [1.165, 1.54) is 0 Å². The van der Waals surface area contributed by atoms with E-state index in [9.17, 15) is 23.5 Å². The molecule has 0 aromatic heterocycles. The van der Waals surface area contributed by atoms with Gasteiger partial charge in [-0.05, 0) is 108 Å². The summed E-state index contributed by atoms with van der Waals surface area (Å²) >= 11 is 0. The van der Waals surface area contributed by atoms with Crippen molar-refractivity contribution in [2.45, 2.75) is 131 Å². The second-order valence-electron chi connectivity index (χ2n) is 16.8. The van der Waals surface area contributed by atoms with E-state index in [2.05, 4.69) is 48.5 Å². The molecule has 5 fully saturated rings. The molecule has 0 bridgehead atoms. The highest BCUT2D eigenvalue weighted by molar-refractivity contribution is 6.07. The predicted octanol–water partition coefficient (Wildman–Crippen LogP) is 7.59. The number of Topliss-reactive ketones (excluding diaryl/α,β-unsaturated/α-hetero) is 1. The van der Waals surface area contributed by atoms with Crippen molar-refractivity contribution in [3.63, 3.8) is 0 Å². The number of halogens is 2. The largest absolute Gasteiger partial charge is 0.393 e. The van der Waals surface area contributed by atoms with Crippen LogP contribution in [0.5, 0.6) is 0 Å². The van der Waals surface area contributed by atoms with Crippen molar-refractivity contribution < 1.29 is 23.5 Å². The van der Waals surface area contributed by atoms with Crippen LogP contribution in [0.2, 0.25) is 0 Å². The molecule has 0 unspecified atom stereocenters. The summed E-state index contributed by atoms with van der Waals surface area (Å²) in [5, 5.41) is 11.0. The van der Waals surface area contributed by atoms with E-state index in [1.54, 1.807) is 4.90 Å². The minimum atomic E-state index is -2.71. The summed E-state index contributed by atoms with van der Waals surface area (Å²) in [6, 6.07) is 0. The van der Waals surface area contributed by atoms with Crippen LogP contribution in [0.15, 0.2) is 11.1 Å². The van der Waals surface area contributed by atoms with Crippen LogP contribution in [-0.4, -0.2) is 46.8 Å². The Kier molecular flexibility index (Phi) is 6.61. The summed E-state index contributed by atoms with van der Waals surface area (Å²) in [7, 11) is 0. The Bertz CT molecular complexity index is 1170. The van der Waals surface area contributed by atoms with Gasteiger partial charge >= 0.3 is 0 Å². The molecule has 6 heteroatoms. The topological polar surface area (TPSA) is 57.6 Å². The zero-order valence-electron chi connectivity index (χ0n) is 26.5. The minimum Gasteiger partial charge on any atom is -0.393 e. The highest BCUT2D eigenvalue weighted by Crippen LogP contribution is 2.76. The average Bonchev–Trinajstić information content (AvgIpc) is 3.20. The van der Waals surface area contributed by atoms with Gasteiger partial charge in [-0.15, -0.1) is 0 Å². The maximum Gasteiger partial charge on any atom is 0.251 e. The van der Waals surface area contributed by atoms with Crippen LogP contribution in [0.1, 0.15) is 119 Å². The number of hydrogen-bond acceptors (Lipinski definition) is 3. The first kappa shape index (κ1) is 29.8. The van der Waals surface area contributed by atoms with Gasteiger partial charge in [0, 0.05) is 32.4 Å². The van der Waals surface area contributed by atoms with Gasteiger partial charge in [0.05, 0.1) is 11.5 Å². The van der Waals surface area contributed by atoms with Crippen molar-refractivity contribution in [1.29, 1.82) is 0 Å². The zero-order valence-corrected chi connectivity index (χ0v) is 26.5. The number of allylic oxidation sites excluding steroid dienone is 1. The van der Waals surface area contributed by atoms with Gasteiger partial charge in [-0.3, -0.25) is 9.59 Å². The molecule has 4 nitrogen and oxygen atoms in total. The van der Waals surface area contributed by atoms with Crippen molar-refractivity contribution in [2.75, 3.05) is 13.1 Å². The van der Waals surface area contributed by atoms with Gasteiger partial charge in [-0.1, -0.05) is 48.5 Å². The molecule has 0 spiro atoms. The van der Waals surface area contributed by atoms with Gasteiger partial charge in [0.25, 0.3) is 5.92 Å². The van der Waals surface area contributed by atoms with E-state index in [0.717, 1.165) is 56.1 Å². The highest BCUT2D eigenvalue weighted by atomic mass is 19.3. The number of likely N-dealkylation sites (tertiary alicyclic amines) is 1. The van der Waals surface area contributed by atoms with Crippen molar-refractivity contribution >= 4 is 11.7 Å². The Morgan fingerprint density at radius 1 is 0.854 bits per heavy atom. The van der Waals surface area contributed by atoms with Gasteiger partial charge in [-0.25, -0.2) is 8.78 Å². The van der Waals surface area contributed by atoms with Crippen LogP contribution >= 0.6 is 0 Å². The Balaban J connectivity index is 1.41. The number of carbonyl (C=O) groups is 2. The number of alkyl halides is 2. The summed E-state index contributed by atoms with van der Waals surface area (Å²) in [6.07, 6.45) is 7.14. The fourth-order valence-corrected chi connectivity index (χ4v) is 12.2. The molecule has 4 saturated carbocycles. The molecule has 1 N–H and O–H groups in total. The number of nitrogens with zero attached hydrogens (tertiary/aromatic N) is 1. The third-order valence-corrected chi connectivity index (χ3v) is 14.6. The number of piperidine rings is 1. The zero-order chi connectivity index (χ0) is 30.0. The third kappa shape index (κ3) is 3.83. The summed E-state index contributed by atoms with van der Waals surface area (Å²) in [4.78, 5) is 29.9. The maximum absolute atomic E-state index is 14.4. The molecule has 6 rings (SSSR count). The van der Waals surface area contributed by atoms with Crippen molar-refractivity contribution in [3.05, 3.63) is 11.1 Å². The summed E-state index contributed by atoms with van der Waals surface area (Å²) < 4.78 is 28.1. The van der Waals surface area contributed by atoms with E-state index < -0.39 is 11.3 Å². The first-order valence-electron chi connectivity index (χ1n) is 16.6. The fourth-order valence-electron chi connectivity index (χ4n) is 12.2. The van der Waals surface area contributed by atoms with Crippen molar-refractivity contribution in [2.24, 2.45) is 50.7 Å². The van der Waals surface area contributed by atoms with Crippen LogP contribution in [0.3, 0.4) is 0 Å². The Morgan fingerprint density at radius 3 is 2.15 bits per heavy atom. The second-order valence-corrected chi connectivity index (χ2v) is 16.8. The average molecular weight is 574 g/mol. The number of ketones is 1. The molecular weight excluding hydrogens is 520 g/mol. The molecule has 0 radical (unpaired) electrons. The number of aliphatic hydroxyl groups excluding tert-OH is 1. The molecule has 1 heterocycles. The van der Waals surface area contributed by atoms with E-state index in [4.69, 9.17) is 0 Å². The first-order chi connectivity index (χ1) is 18.9. The summed E-state index contributed by atoms with van der Waals surface area (Å²) in [6.45, 7) is 16.4. The van der Waals surface area contributed by atoms with Crippen LogP contribution in [0.4, 0.5) is 8.78 Å². The van der Waals surface area contributed by atoms with E-state index >= 15 is 0 Å². The van der Waals surface area contributed by atoms with Gasteiger partial charge in [0.2, 0.25) is 5.91 Å². The molecule has 1 aliphatic heterocycles. The lowest BCUT2D eigenvalue weighted by molar-refractivity contribution is -0.228. The molecule has 41 heavy (non-hydrogen) atoms. The summed E-state index contributed by atoms with van der Waals surface area (Å²) in [5.41, 5.74) is 1.23.